The molecule has 1 aliphatic rings. The molecule has 0 spiro atoms. The van der Waals surface area contributed by atoms with Crippen molar-refractivity contribution in [3.63, 3.8) is 0 Å². The highest BCUT2D eigenvalue weighted by Crippen LogP contribution is 2.56. The molecule has 25 heavy (non-hydrogen) atoms. The van der Waals surface area contributed by atoms with Crippen molar-refractivity contribution in [3.8, 4) is 0 Å². The minimum absolute atomic E-state index is 0.00766. The van der Waals surface area contributed by atoms with Crippen molar-refractivity contribution in [3.05, 3.63) is 23.3 Å². The molecule has 0 radical (unpaired) electrons. The van der Waals surface area contributed by atoms with Gasteiger partial charge in [0, 0.05) is 37.3 Å². The number of nitrogens with zero attached hydrogens (tertiary/aromatic N) is 2. The smallest absolute Gasteiger partial charge is 0.226 e. The Kier molecular flexibility index (Phi) is 5.49. The maximum Gasteiger partial charge on any atom is 0.226 e. The first-order valence-corrected chi connectivity index (χ1v) is 8.93. The molecular weight excluding hydrogens is 316 g/mol. The first kappa shape index (κ1) is 19.3. The van der Waals surface area contributed by atoms with Gasteiger partial charge in [0.15, 0.2) is 0 Å². The maximum absolute atomic E-state index is 12.9. The van der Waals surface area contributed by atoms with Gasteiger partial charge in [-0.3, -0.25) is 9.59 Å². The van der Waals surface area contributed by atoms with Crippen LogP contribution in [0.2, 0.25) is 0 Å². The van der Waals surface area contributed by atoms with Gasteiger partial charge in [0.05, 0.1) is 5.41 Å². The quantitative estimate of drug-likeness (QED) is 0.853. The molecule has 2 amide bonds. The van der Waals surface area contributed by atoms with Crippen LogP contribution in [0.25, 0.3) is 0 Å². The fourth-order valence-electron chi connectivity index (χ4n) is 3.93. The van der Waals surface area contributed by atoms with Gasteiger partial charge in [0.25, 0.3) is 0 Å². The van der Waals surface area contributed by atoms with E-state index in [1.54, 1.807) is 7.05 Å². The highest BCUT2D eigenvalue weighted by atomic mass is 16.2. The molecule has 1 aromatic rings. The molecule has 6 nitrogen and oxygen atoms in total. The average molecular weight is 346 g/mol. The Balaban J connectivity index is 2.01. The van der Waals surface area contributed by atoms with Gasteiger partial charge < -0.3 is 10.6 Å². The molecule has 0 aliphatic heterocycles. The number of aromatic nitrogens is 2. The summed E-state index contributed by atoms with van der Waals surface area (Å²) >= 11 is 0. The Morgan fingerprint density at radius 3 is 2.36 bits per heavy atom. The first-order valence-electron chi connectivity index (χ1n) is 8.93. The lowest BCUT2D eigenvalue weighted by Crippen LogP contribution is -2.49. The number of aryl methyl sites for hydroxylation is 2. The predicted molar refractivity (Wildman–Crippen MR) is 96.9 cm³/mol. The number of rotatable bonds is 5. The molecule has 0 aromatic carbocycles. The van der Waals surface area contributed by atoms with Crippen molar-refractivity contribution in [2.75, 3.05) is 13.6 Å². The number of nitrogens with one attached hydrogen (secondary N) is 2. The third kappa shape index (κ3) is 3.67. The number of hydrogen-bond acceptors (Lipinski definition) is 4. The van der Waals surface area contributed by atoms with Gasteiger partial charge in [0.2, 0.25) is 11.8 Å². The van der Waals surface area contributed by atoms with E-state index in [0.29, 0.717) is 19.4 Å². The molecule has 0 unspecified atom stereocenters. The Labute approximate surface area is 150 Å². The first-order chi connectivity index (χ1) is 11.6. The van der Waals surface area contributed by atoms with Crippen LogP contribution in [0.1, 0.15) is 50.8 Å². The van der Waals surface area contributed by atoms with Gasteiger partial charge in [-0.05, 0) is 38.2 Å². The molecule has 0 saturated heterocycles. The monoisotopic (exact) mass is 346 g/mol. The lowest BCUT2D eigenvalue weighted by molar-refractivity contribution is -0.138. The summed E-state index contributed by atoms with van der Waals surface area (Å²) < 4.78 is 0. The second-order valence-electron chi connectivity index (χ2n) is 7.83. The summed E-state index contributed by atoms with van der Waals surface area (Å²) in [5, 5.41) is 5.76. The van der Waals surface area contributed by atoms with Crippen molar-refractivity contribution in [1.82, 2.24) is 20.6 Å². The zero-order chi connectivity index (χ0) is 18.8. The van der Waals surface area contributed by atoms with Gasteiger partial charge in [-0.1, -0.05) is 20.8 Å². The lowest BCUT2D eigenvalue weighted by Gasteiger charge is -2.39. The van der Waals surface area contributed by atoms with Crippen LogP contribution in [0.15, 0.2) is 6.07 Å². The van der Waals surface area contributed by atoms with Gasteiger partial charge in [0.1, 0.15) is 5.82 Å². The van der Waals surface area contributed by atoms with E-state index in [1.165, 1.54) is 0 Å². The van der Waals surface area contributed by atoms with Crippen LogP contribution >= 0.6 is 0 Å². The van der Waals surface area contributed by atoms with Crippen LogP contribution < -0.4 is 10.6 Å². The van der Waals surface area contributed by atoms with E-state index in [9.17, 15) is 9.59 Å². The van der Waals surface area contributed by atoms with E-state index >= 15 is 0 Å². The lowest BCUT2D eigenvalue weighted by atomic mass is 9.65. The maximum atomic E-state index is 12.9. The predicted octanol–water partition coefficient (Wildman–Crippen LogP) is 1.94. The van der Waals surface area contributed by atoms with Crippen molar-refractivity contribution in [2.24, 2.45) is 16.7 Å². The van der Waals surface area contributed by atoms with E-state index in [-0.39, 0.29) is 17.7 Å². The molecule has 1 fully saturated rings. The SMILES string of the molecule is CNC(=O)[C@@H]1CC[C@](C)(C(=O)NCCc2nc(C)cc(C)n2)C1(C)C. The summed E-state index contributed by atoms with van der Waals surface area (Å²) in [6, 6.07) is 1.93. The molecule has 2 rings (SSSR count). The molecule has 1 saturated carbocycles. The van der Waals surface area contributed by atoms with Crippen LogP contribution in [0.3, 0.4) is 0 Å². The summed E-state index contributed by atoms with van der Waals surface area (Å²) in [6.45, 7) is 10.4. The van der Waals surface area contributed by atoms with Gasteiger partial charge in [-0.2, -0.15) is 0 Å². The minimum Gasteiger partial charge on any atom is -0.359 e. The Morgan fingerprint density at radius 1 is 1.20 bits per heavy atom. The fraction of sp³-hybridized carbons (Fsp3) is 0.684. The zero-order valence-corrected chi connectivity index (χ0v) is 16.2. The Morgan fingerprint density at radius 2 is 1.80 bits per heavy atom. The average Bonchev–Trinajstić information content (AvgIpc) is 2.77. The molecule has 1 aliphatic carbocycles. The molecule has 1 aromatic heterocycles. The van der Waals surface area contributed by atoms with E-state index in [1.807, 2.05) is 40.7 Å². The van der Waals surface area contributed by atoms with Crippen LogP contribution in [-0.4, -0.2) is 35.4 Å². The minimum atomic E-state index is -0.562. The summed E-state index contributed by atoms with van der Waals surface area (Å²) in [4.78, 5) is 33.8. The largest absolute Gasteiger partial charge is 0.359 e. The Hall–Kier alpha value is -1.98. The van der Waals surface area contributed by atoms with E-state index < -0.39 is 10.8 Å². The standard InChI is InChI=1S/C19H30N4O2/c1-12-11-13(2)23-15(22-12)8-10-21-17(25)19(5)9-7-14(16(24)20-6)18(19,3)4/h11,14H,7-10H2,1-6H3,(H,20,24)(H,21,25)/t14-,19+/m0/s1. The molecule has 6 heteroatoms. The summed E-state index contributed by atoms with van der Waals surface area (Å²) in [5.74, 6) is 0.631. The molecule has 2 atom stereocenters. The fourth-order valence-corrected chi connectivity index (χ4v) is 3.93. The van der Waals surface area contributed by atoms with Gasteiger partial charge >= 0.3 is 0 Å². The third-order valence-electron chi connectivity index (χ3n) is 5.95. The second kappa shape index (κ2) is 7.10. The van der Waals surface area contributed by atoms with E-state index in [4.69, 9.17) is 0 Å². The van der Waals surface area contributed by atoms with Gasteiger partial charge in [-0.25, -0.2) is 9.97 Å². The van der Waals surface area contributed by atoms with Crippen molar-refractivity contribution in [2.45, 2.75) is 53.9 Å². The van der Waals surface area contributed by atoms with Crippen molar-refractivity contribution >= 4 is 11.8 Å². The highest BCUT2D eigenvalue weighted by molar-refractivity contribution is 5.87. The molecule has 0 bridgehead atoms. The topological polar surface area (TPSA) is 84.0 Å². The van der Waals surface area contributed by atoms with E-state index in [0.717, 1.165) is 23.6 Å². The molecular formula is C19H30N4O2. The highest BCUT2D eigenvalue weighted by Gasteiger charge is 2.57. The molecule has 1 heterocycles. The summed E-state index contributed by atoms with van der Waals surface area (Å²) in [6.07, 6.45) is 2.05. The Bertz CT molecular complexity index is 651. The summed E-state index contributed by atoms with van der Waals surface area (Å²) in [5.41, 5.74) is 0.915. The van der Waals surface area contributed by atoms with Crippen molar-refractivity contribution < 1.29 is 9.59 Å². The van der Waals surface area contributed by atoms with Crippen LogP contribution in [0.5, 0.6) is 0 Å². The normalized spacial score (nSPS) is 24.8. The molecule has 138 valence electrons. The number of amides is 2. The number of carbonyl (C=O) groups is 2. The van der Waals surface area contributed by atoms with E-state index in [2.05, 4.69) is 20.6 Å². The van der Waals surface area contributed by atoms with Crippen LogP contribution in [0, 0.1) is 30.6 Å². The van der Waals surface area contributed by atoms with Gasteiger partial charge in [-0.15, -0.1) is 0 Å². The number of hydrogen-bond donors (Lipinski definition) is 2. The second-order valence-corrected chi connectivity index (χ2v) is 7.83. The van der Waals surface area contributed by atoms with Crippen LogP contribution in [0.4, 0.5) is 0 Å². The van der Waals surface area contributed by atoms with Crippen molar-refractivity contribution in [1.29, 1.82) is 0 Å². The summed E-state index contributed by atoms with van der Waals surface area (Å²) in [7, 11) is 1.65. The molecule has 2 N–H and O–H groups in total. The number of carbonyl (C=O) groups excluding carboxylic acids is 2. The zero-order valence-electron chi connectivity index (χ0n) is 16.2. The third-order valence-corrected chi connectivity index (χ3v) is 5.95. The van der Waals surface area contributed by atoms with Crippen LogP contribution in [-0.2, 0) is 16.0 Å².